The number of aliphatic hydroxyl groups excluding tert-OH is 1. The Kier molecular flexibility index (Phi) is 3.99. The second-order valence-electron chi connectivity index (χ2n) is 5.75. The first-order chi connectivity index (χ1) is 9.78. The Morgan fingerprint density at radius 2 is 2.15 bits per heavy atom. The lowest BCUT2D eigenvalue weighted by Crippen LogP contribution is -2.42. The summed E-state index contributed by atoms with van der Waals surface area (Å²) in [4.78, 5) is 6.88. The molecule has 1 N–H and O–H groups in total. The van der Waals surface area contributed by atoms with Gasteiger partial charge in [-0.05, 0) is 36.5 Å². The van der Waals surface area contributed by atoms with Crippen LogP contribution in [0.5, 0.6) is 0 Å². The minimum atomic E-state index is -0.120. The van der Waals surface area contributed by atoms with Crippen molar-refractivity contribution in [2.75, 3.05) is 13.1 Å². The van der Waals surface area contributed by atoms with E-state index in [1.54, 1.807) is 0 Å². The Labute approximate surface area is 120 Å². The molecule has 3 heteroatoms. The average molecular weight is 270 g/mol. The highest BCUT2D eigenvalue weighted by molar-refractivity contribution is 5.81. The molecule has 0 amide bonds. The molecule has 106 valence electrons. The number of rotatable bonds is 3. The van der Waals surface area contributed by atoms with Crippen LogP contribution >= 0.6 is 0 Å². The zero-order valence-corrected chi connectivity index (χ0v) is 12.0. The third kappa shape index (κ3) is 2.69. The second-order valence-corrected chi connectivity index (χ2v) is 5.75. The van der Waals surface area contributed by atoms with Gasteiger partial charge in [0.2, 0.25) is 0 Å². The molecule has 0 spiro atoms. The third-order valence-electron chi connectivity index (χ3n) is 4.44. The summed E-state index contributed by atoms with van der Waals surface area (Å²) in [5.74, 6) is 0.414. The predicted octanol–water partition coefficient (Wildman–Crippen LogP) is 2.83. The first-order valence-corrected chi connectivity index (χ1v) is 7.51. The van der Waals surface area contributed by atoms with Crippen molar-refractivity contribution in [2.24, 2.45) is 5.92 Å². The third-order valence-corrected chi connectivity index (χ3v) is 4.44. The number of fused-ring (bicyclic) bond motifs is 1. The van der Waals surface area contributed by atoms with Crippen LogP contribution in [0.3, 0.4) is 0 Å². The van der Waals surface area contributed by atoms with E-state index in [-0.39, 0.29) is 6.10 Å². The molecule has 2 heterocycles. The molecule has 1 aromatic heterocycles. The van der Waals surface area contributed by atoms with E-state index in [2.05, 4.69) is 41.1 Å². The molecule has 0 saturated carbocycles. The molecule has 0 bridgehead atoms. The second kappa shape index (κ2) is 5.90. The molecule has 3 nitrogen and oxygen atoms in total. The Hall–Kier alpha value is -1.45. The van der Waals surface area contributed by atoms with Crippen LogP contribution in [0.25, 0.3) is 10.9 Å². The quantitative estimate of drug-likeness (QED) is 0.931. The molecular formula is C17H22N2O. The van der Waals surface area contributed by atoms with Crippen molar-refractivity contribution in [1.29, 1.82) is 0 Å². The highest BCUT2D eigenvalue weighted by Gasteiger charge is 2.26. The maximum atomic E-state index is 9.99. The summed E-state index contributed by atoms with van der Waals surface area (Å²) in [7, 11) is 0. The molecule has 1 aromatic carbocycles. The molecular weight excluding hydrogens is 248 g/mol. The van der Waals surface area contributed by atoms with Crippen molar-refractivity contribution in [2.45, 2.75) is 32.4 Å². The van der Waals surface area contributed by atoms with Crippen molar-refractivity contribution in [1.82, 2.24) is 9.88 Å². The molecule has 2 unspecified atom stereocenters. The molecule has 0 radical (unpaired) electrons. The van der Waals surface area contributed by atoms with Crippen LogP contribution in [0, 0.1) is 5.92 Å². The van der Waals surface area contributed by atoms with E-state index in [4.69, 9.17) is 0 Å². The first-order valence-electron chi connectivity index (χ1n) is 7.51. The lowest BCUT2D eigenvalue weighted by atomic mass is 9.92. The standard InChI is InChI=1S/C17H22N2O/c1-2-13-11-19(10-8-17(13)20)12-14-7-9-18-16-6-4-3-5-15(14)16/h3-7,9,13,17,20H,2,8,10-12H2,1H3. The van der Waals surface area contributed by atoms with Crippen molar-refractivity contribution in [3.63, 3.8) is 0 Å². The van der Waals surface area contributed by atoms with Gasteiger partial charge in [0, 0.05) is 31.2 Å². The van der Waals surface area contributed by atoms with Gasteiger partial charge >= 0.3 is 0 Å². The molecule has 1 saturated heterocycles. The molecule has 1 aliphatic heterocycles. The number of nitrogens with zero attached hydrogens (tertiary/aromatic N) is 2. The Morgan fingerprint density at radius 3 is 3.00 bits per heavy atom. The number of benzene rings is 1. The molecule has 1 fully saturated rings. The highest BCUT2D eigenvalue weighted by Crippen LogP contribution is 2.24. The number of hydrogen-bond donors (Lipinski definition) is 1. The van der Waals surface area contributed by atoms with Gasteiger partial charge in [-0.25, -0.2) is 0 Å². The van der Waals surface area contributed by atoms with Crippen molar-refractivity contribution in [3.8, 4) is 0 Å². The van der Waals surface area contributed by atoms with Crippen molar-refractivity contribution < 1.29 is 5.11 Å². The van der Waals surface area contributed by atoms with Gasteiger partial charge in [-0.1, -0.05) is 25.1 Å². The number of para-hydroxylation sites is 1. The van der Waals surface area contributed by atoms with Crippen LogP contribution < -0.4 is 0 Å². The fourth-order valence-corrected chi connectivity index (χ4v) is 3.17. The summed E-state index contributed by atoms with van der Waals surface area (Å²) in [5.41, 5.74) is 2.40. The monoisotopic (exact) mass is 270 g/mol. The Bertz CT molecular complexity index is 579. The molecule has 2 aromatic rings. The number of aliphatic hydroxyl groups is 1. The fourth-order valence-electron chi connectivity index (χ4n) is 3.17. The van der Waals surface area contributed by atoms with Crippen LogP contribution in [0.4, 0.5) is 0 Å². The largest absolute Gasteiger partial charge is 0.393 e. The van der Waals surface area contributed by atoms with Crippen molar-refractivity contribution >= 4 is 10.9 Å². The molecule has 20 heavy (non-hydrogen) atoms. The van der Waals surface area contributed by atoms with E-state index in [0.717, 1.165) is 38.0 Å². The number of pyridine rings is 1. The lowest BCUT2D eigenvalue weighted by molar-refractivity contribution is 0.0223. The van der Waals surface area contributed by atoms with Gasteiger partial charge in [-0.15, -0.1) is 0 Å². The van der Waals surface area contributed by atoms with Crippen LogP contribution in [-0.2, 0) is 6.54 Å². The zero-order valence-electron chi connectivity index (χ0n) is 12.0. The zero-order chi connectivity index (χ0) is 13.9. The number of likely N-dealkylation sites (tertiary alicyclic amines) is 1. The fraction of sp³-hybridized carbons (Fsp3) is 0.471. The summed E-state index contributed by atoms with van der Waals surface area (Å²) in [6.07, 6.45) is 3.72. The summed E-state index contributed by atoms with van der Waals surface area (Å²) in [6.45, 7) is 5.09. The van der Waals surface area contributed by atoms with Gasteiger partial charge in [-0.2, -0.15) is 0 Å². The minimum absolute atomic E-state index is 0.120. The smallest absolute Gasteiger partial charge is 0.0705 e. The van der Waals surface area contributed by atoms with Crippen molar-refractivity contribution in [3.05, 3.63) is 42.1 Å². The van der Waals surface area contributed by atoms with Gasteiger partial charge in [0.05, 0.1) is 11.6 Å². The maximum absolute atomic E-state index is 9.99. The van der Waals surface area contributed by atoms with Crippen LogP contribution in [0.2, 0.25) is 0 Å². The van der Waals surface area contributed by atoms with E-state index in [9.17, 15) is 5.11 Å². The Balaban J connectivity index is 1.80. The van der Waals surface area contributed by atoms with Gasteiger partial charge in [0.25, 0.3) is 0 Å². The van der Waals surface area contributed by atoms with Gasteiger partial charge in [0.15, 0.2) is 0 Å². The van der Waals surface area contributed by atoms with Gasteiger partial charge < -0.3 is 5.11 Å². The van der Waals surface area contributed by atoms with E-state index in [1.807, 2.05) is 12.3 Å². The molecule has 2 atom stereocenters. The highest BCUT2D eigenvalue weighted by atomic mass is 16.3. The summed E-state index contributed by atoms with van der Waals surface area (Å²) in [5, 5.41) is 11.2. The van der Waals surface area contributed by atoms with E-state index < -0.39 is 0 Å². The van der Waals surface area contributed by atoms with E-state index >= 15 is 0 Å². The minimum Gasteiger partial charge on any atom is -0.393 e. The van der Waals surface area contributed by atoms with Gasteiger partial charge in [-0.3, -0.25) is 9.88 Å². The lowest BCUT2D eigenvalue weighted by Gasteiger charge is -2.36. The SMILES string of the molecule is CCC1CN(Cc2ccnc3ccccc23)CCC1O. The van der Waals surface area contributed by atoms with Crippen LogP contribution in [0.1, 0.15) is 25.3 Å². The molecule has 1 aliphatic rings. The number of hydrogen-bond acceptors (Lipinski definition) is 3. The van der Waals surface area contributed by atoms with E-state index in [1.165, 1.54) is 10.9 Å². The first kappa shape index (κ1) is 13.5. The maximum Gasteiger partial charge on any atom is 0.0705 e. The average Bonchev–Trinajstić information content (AvgIpc) is 2.49. The summed E-state index contributed by atoms with van der Waals surface area (Å²) in [6, 6.07) is 10.4. The van der Waals surface area contributed by atoms with E-state index in [0.29, 0.717) is 5.92 Å². The number of aromatic nitrogens is 1. The normalized spacial score (nSPS) is 24.1. The molecule has 3 rings (SSSR count). The molecule has 0 aliphatic carbocycles. The van der Waals surface area contributed by atoms with Crippen LogP contribution in [-0.4, -0.2) is 34.2 Å². The topological polar surface area (TPSA) is 36.4 Å². The summed E-state index contributed by atoms with van der Waals surface area (Å²) >= 11 is 0. The Morgan fingerprint density at radius 1 is 1.30 bits per heavy atom. The van der Waals surface area contributed by atoms with Gasteiger partial charge in [0.1, 0.15) is 0 Å². The number of piperidine rings is 1. The predicted molar refractivity (Wildman–Crippen MR) is 81.4 cm³/mol. The summed E-state index contributed by atoms with van der Waals surface area (Å²) < 4.78 is 0. The van der Waals surface area contributed by atoms with Crippen LogP contribution in [0.15, 0.2) is 36.5 Å².